The maximum Gasteiger partial charge on any atom is 0.307 e. The molecule has 0 saturated heterocycles. The van der Waals surface area contributed by atoms with Gasteiger partial charge >= 0.3 is 5.97 Å². The number of hydrogen-bond acceptors (Lipinski definition) is 4. The number of carboxylic acids is 1. The van der Waals surface area contributed by atoms with Crippen LogP contribution in [0, 0.1) is 18.8 Å². The van der Waals surface area contributed by atoms with E-state index in [-0.39, 0.29) is 16.7 Å². The molecule has 1 rings (SSSR count). The highest BCUT2D eigenvalue weighted by atomic mass is 79.9. The molecule has 1 heterocycles. The fourth-order valence-electron chi connectivity index (χ4n) is 1.76. The Labute approximate surface area is 131 Å². The van der Waals surface area contributed by atoms with E-state index in [1.807, 2.05) is 20.8 Å². The molecule has 0 saturated carbocycles. The summed E-state index contributed by atoms with van der Waals surface area (Å²) in [6.45, 7) is 5.53. The van der Waals surface area contributed by atoms with Gasteiger partial charge < -0.3 is 5.11 Å². The van der Waals surface area contributed by atoms with Crippen molar-refractivity contribution in [1.29, 1.82) is 0 Å². The second-order valence-corrected chi connectivity index (χ2v) is 9.08. The number of carbonyl (C=O) groups is 1. The van der Waals surface area contributed by atoms with Gasteiger partial charge in [0.05, 0.1) is 5.92 Å². The van der Waals surface area contributed by atoms with Gasteiger partial charge in [0.2, 0.25) is 0 Å². The highest BCUT2D eigenvalue weighted by Gasteiger charge is 2.25. The largest absolute Gasteiger partial charge is 0.481 e. The zero-order chi connectivity index (χ0) is 15.5. The molecule has 0 amide bonds. The first-order chi connectivity index (χ1) is 9.13. The lowest BCUT2D eigenvalue weighted by molar-refractivity contribution is -0.142. The summed E-state index contributed by atoms with van der Waals surface area (Å²) in [5.74, 6) is -1.51. The molecule has 0 spiro atoms. The highest BCUT2D eigenvalue weighted by molar-refractivity contribution is 9.10. The van der Waals surface area contributed by atoms with E-state index in [1.165, 1.54) is 0 Å². The number of carboxylic acid groups (broad SMARTS) is 1. The summed E-state index contributed by atoms with van der Waals surface area (Å²) < 4.78 is 27.4. The van der Waals surface area contributed by atoms with E-state index in [1.54, 1.807) is 6.07 Å². The van der Waals surface area contributed by atoms with Gasteiger partial charge in [-0.25, -0.2) is 13.1 Å². The minimum Gasteiger partial charge on any atom is -0.481 e. The van der Waals surface area contributed by atoms with Crippen molar-refractivity contribution in [2.24, 2.45) is 11.8 Å². The molecule has 0 radical (unpaired) electrons. The van der Waals surface area contributed by atoms with Crippen LogP contribution in [-0.4, -0.2) is 26.0 Å². The fraction of sp³-hybridized carbons (Fsp3) is 0.583. The van der Waals surface area contributed by atoms with Crippen molar-refractivity contribution in [3.63, 3.8) is 0 Å². The van der Waals surface area contributed by atoms with Crippen molar-refractivity contribution in [3.8, 4) is 0 Å². The van der Waals surface area contributed by atoms with Gasteiger partial charge in [-0.05, 0) is 41.3 Å². The van der Waals surface area contributed by atoms with E-state index in [4.69, 9.17) is 5.11 Å². The van der Waals surface area contributed by atoms with Gasteiger partial charge in [-0.3, -0.25) is 4.79 Å². The Morgan fingerprint density at radius 3 is 2.50 bits per heavy atom. The van der Waals surface area contributed by atoms with Gasteiger partial charge in [0, 0.05) is 15.9 Å². The van der Waals surface area contributed by atoms with Crippen LogP contribution < -0.4 is 4.72 Å². The van der Waals surface area contributed by atoms with Gasteiger partial charge in [0.25, 0.3) is 10.0 Å². The molecule has 0 aromatic carbocycles. The number of rotatable bonds is 7. The first-order valence-corrected chi connectivity index (χ1v) is 9.21. The summed E-state index contributed by atoms with van der Waals surface area (Å²) in [6.07, 6.45) is 0.433. The van der Waals surface area contributed by atoms with Crippen LogP contribution in [0.1, 0.15) is 25.1 Å². The van der Waals surface area contributed by atoms with Crippen molar-refractivity contribution >= 4 is 43.3 Å². The van der Waals surface area contributed by atoms with Gasteiger partial charge in [-0.1, -0.05) is 13.8 Å². The van der Waals surface area contributed by atoms with E-state index in [9.17, 15) is 13.2 Å². The molecule has 2 N–H and O–H groups in total. The van der Waals surface area contributed by atoms with Crippen molar-refractivity contribution in [1.82, 2.24) is 4.72 Å². The zero-order valence-corrected chi connectivity index (χ0v) is 14.7. The average Bonchev–Trinajstić information content (AvgIpc) is 2.63. The van der Waals surface area contributed by atoms with Gasteiger partial charge in [-0.15, -0.1) is 11.3 Å². The van der Waals surface area contributed by atoms with E-state index in [0.717, 1.165) is 16.2 Å². The molecule has 1 unspecified atom stereocenters. The second-order valence-electron chi connectivity index (χ2n) is 5.01. The topological polar surface area (TPSA) is 83.5 Å². The number of halogens is 1. The molecule has 0 aliphatic rings. The Morgan fingerprint density at radius 1 is 1.50 bits per heavy atom. The standard InChI is InChI=1S/C12H18BrNO4S2/c1-7(2)4-9(11(15)16)6-14-20(17,18)12-10(13)5-8(3)19-12/h5,7,9,14H,4,6H2,1-3H3,(H,15,16). The first kappa shape index (κ1) is 17.6. The second kappa shape index (κ2) is 7.02. The summed E-state index contributed by atoms with van der Waals surface area (Å²) in [5.41, 5.74) is 0. The maximum absolute atomic E-state index is 12.2. The van der Waals surface area contributed by atoms with Crippen LogP contribution in [0.25, 0.3) is 0 Å². The molecular formula is C12H18BrNO4S2. The Hall–Kier alpha value is -0.440. The van der Waals surface area contributed by atoms with E-state index in [0.29, 0.717) is 10.9 Å². The third-order valence-corrected chi connectivity index (χ3v) is 6.81. The SMILES string of the molecule is Cc1cc(Br)c(S(=O)(=O)NCC(CC(C)C)C(=O)O)s1. The number of hydrogen-bond donors (Lipinski definition) is 2. The molecule has 0 aliphatic heterocycles. The van der Waals surface area contributed by atoms with E-state index in [2.05, 4.69) is 20.7 Å². The Kier molecular flexibility index (Phi) is 6.18. The van der Waals surface area contributed by atoms with Gasteiger partial charge in [0.1, 0.15) is 4.21 Å². The molecule has 0 aliphatic carbocycles. The molecule has 5 nitrogen and oxygen atoms in total. The molecule has 1 atom stereocenters. The first-order valence-electron chi connectivity index (χ1n) is 6.12. The number of nitrogens with one attached hydrogen (secondary N) is 1. The van der Waals surface area contributed by atoms with Crippen LogP contribution in [0.5, 0.6) is 0 Å². The molecule has 0 bridgehead atoms. The van der Waals surface area contributed by atoms with Crippen LogP contribution in [0.4, 0.5) is 0 Å². The predicted molar refractivity (Wildman–Crippen MR) is 82.5 cm³/mol. The maximum atomic E-state index is 12.2. The molecule has 0 fully saturated rings. The van der Waals surface area contributed by atoms with Crippen LogP contribution in [0.2, 0.25) is 0 Å². The predicted octanol–water partition coefficient (Wildman–Crippen LogP) is 2.84. The Bertz CT molecular complexity index is 580. The van der Waals surface area contributed by atoms with Crippen LogP contribution in [0.3, 0.4) is 0 Å². The molecule has 114 valence electrons. The zero-order valence-electron chi connectivity index (χ0n) is 11.5. The normalized spacial score (nSPS) is 13.7. The summed E-state index contributed by atoms with van der Waals surface area (Å²) in [5, 5.41) is 9.11. The van der Waals surface area contributed by atoms with Gasteiger partial charge in [-0.2, -0.15) is 0 Å². The van der Waals surface area contributed by atoms with Crippen LogP contribution in [0.15, 0.2) is 14.7 Å². The number of aliphatic carboxylic acids is 1. The molecular weight excluding hydrogens is 366 g/mol. The quantitative estimate of drug-likeness (QED) is 0.757. The monoisotopic (exact) mass is 383 g/mol. The molecule has 1 aromatic rings. The van der Waals surface area contributed by atoms with Crippen molar-refractivity contribution < 1.29 is 18.3 Å². The van der Waals surface area contributed by atoms with Crippen molar-refractivity contribution in [2.75, 3.05) is 6.54 Å². The van der Waals surface area contributed by atoms with E-state index >= 15 is 0 Å². The van der Waals surface area contributed by atoms with Crippen molar-refractivity contribution in [3.05, 3.63) is 15.4 Å². The third kappa shape index (κ3) is 4.83. The minimum absolute atomic E-state index is 0.0980. The molecule has 1 aromatic heterocycles. The number of sulfonamides is 1. The Balaban J connectivity index is 2.81. The summed E-state index contributed by atoms with van der Waals surface area (Å²) >= 11 is 4.35. The molecule has 20 heavy (non-hydrogen) atoms. The highest BCUT2D eigenvalue weighted by Crippen LogP contribution is 2.31. The smallest absolute Gasteiger partial charge is 0.307 e. The average molecular weight is 384 g/mol. The fourth-order valence-corrected chi connectivity index (χ4v) is 5.64. The van der Waals surface area contributed by atoms with Crippen LogP contribution in [-0.2, 0) is 14.8 Å². The molecule has 8 heteroatoms. The third-order valence-electron chi connectivity index (χ3n) is 2.65. The Morgan fingerprint density at radius 2 is 2.10 bits per heavy atom. The van der Waals surface area contributed by atoms with Crippen molar-refractivity contribution in [2.45, 2.75) is 31.4 Å². The van der Waals surface area contributed by atoms with E-state index < -0.39 is 21.9 Å². The number of thiophene rings is 1. The summed E-state index contributed by atoms with van der Waals surface area (Å²) in [6, 6.07) is 1.72. The van der Waals surface area contributed by atoms with Crippen LogP contribution >= 0.6 is 27.3 Å². The lowest BCUT2D eigenvalue weighted by Gasteiger charge is -2.15. The summed E-state index contributed by atoms with van der Waals surface area (Å²) in [7, 11) is -3.68. The number of aryl methyl sites for hydroxylation is 1. The lowest BCUT2D eigenvalue weighted by atomic mass is 9.98. The minimum atomic E-state index is -3.68. The van der Waals surface area contributed by atoms with Gasteiger partial charge in [0.15, 0.2) is 0 Å². The summed E-state index contributed by atoms with van der Waals surface area (Å²) in [4.78, 5) is 12.0. The lowest BCUT2D eigenvalue weighted by Crippen LogP contribution is -2.33.